The molecule has 8 heteroatoms. The molecule has 0 aliphatic carbocycles. The second-order valence-corrected chi connectivity index (χ2v) is 3.81. The molecule has 8 nitrogen and oxygen atoms in total. The second kappa shape index (κ2) is 5.34. The highest BCUT2D eigenvalue weighted by Crippen LogP contribution is 2.19. The maximum Gasteiger partial charge on any atom is 0.330 e. The lowest BCUT2D eigenvalue weighted by molar-refractivity contribution is -0.138. The minimum Gasteiger partial charge on any atom is -0.481 e. The summed E-state index contributed by atoms with van der Waals surface area (Å²) in [6.45, 7) is 0. The van der Waals surface area contributed by atoms with Crippen LogP contribution in [0.1, 0.15) is 11.6 Å². The van der Waals surface area contributed by atoms with Crippen LogP contribution < -0.4 is 10.1 Å². The van der Waals surface area contributed by atoms with Crippen molar-refractivity contribution in [3.63, 3.8) is 0 Å². The Morgan fingerprint density at radius 3 is 2.89 bits per heavy atom. The molecule has 19 heavy (non-hydrogen) atoms. The van der Waals surface area contributed by atoms with E-state index in [0.717, 1.165) is 0 Å². The molecule has 0 aliphatic rings. The summed E-state index contributed by atoms with van der Waals surface area (Å²) in [4.78, 5) is 19.1. The van der Waals surface area contributed by atoms with Crippen molar-refractivity contribution in [3.05, 3.63) is 30.4 Å². The van der Waals surface area contributed by atoms with Gasteiger partial charge in [-0.05, 0) is 0 Å². The van der Waals surface area contributed by atoms with E-state index in [4.69, 9.17) is 4.74 Å². The third-order valence-corrected chi connectivity index (χ3v) is 2.45. The van der Waals surface area contributed by atoms with E-state index in [1.165, 1.54) is 30.4 Å². The summed E-state index contributed by atoms with van der Waals surface area (Å²) in [6.07, 6.45) is 4.41. The molecule has 0 fully saturated rings. The molecule has 0 spiro atoms. The molecule has 2 N–H and O–H groups in total. The predicted octanol–water partition coefficient (Wildman–Crippen LogP) is 0.456. The van der Waals surface area contributed by atoms with E-state index in [1.807, 2.05) is 0 Å². The number of aromatic nitrogens is 4. The van der Waals surface area contributed by atoms with Crippen LogP contribution in [0.4, 0.5) is 5.82 Å². The average Bonchev–Trinajstić information content (AvgIpc) is 2.82. The number of aliphatic carboxylic acids is 1. The highest BCUT2D eigenvalue weighted by molar-refractivity contribution is 5.78. The van der Waals surface area contributed by atoms with Crippen LogP contribution in [0.3, 0.4) is 0 Å². The molecule has 100 valence electrons. The first-order valence-corrected chi connectivity index (χ1v) is 5.44. The average molecular weight is 263 g/mol. The Morgan fingerprint density at radius 2 is 2.32 bits per heavy atom. The third kappa shape index (κ3) is 2.97. The highest BCUT2D eigenvalue weighted by atomic mass is 16.5. The molecule has 0 aromatic carbocycles. The zero-order valence-electron chi connectivity index (χ0n) is 10.4. The van der Waals surface area contributed by atoms with Gasteiger partial charge in [0.05, 0.1) is 13.3 Å². The number of carboxylic acid groups (broad SMARTS) is 1. The van der Waals surface area contributed by atoms with Gasteiger partial charge in [0.1, 0.15) is 12.1 Å². The predicted molar refractivity (Wildman–Crippen MR) is 65.8 cm³/mol. The molecule has 0 amide bonds. The van der Waals surface area contributed by atoms with Gasteiger partial charge in [-0.25, -0.2) is 14.8 Å². The van der Waals surface area contributed by atoms with Crippen LogP contribution in [-0.2, 0) is 11.8 Å². The highest BCUT2D eigenvalue weighted by Gasteiger charge is 2.21. The normalized spacial score (nSPS) is 11.9. The molecule has 0 saturated carbocycles. The Hall–Kier alpha value is -2.64. The fourth-order valence-corrected chi connectivity index (χ4v) is 1.55. The van der Waals surface area contributed by atoms with Crippen LogP contribution in [0.5, 0.6) is 5.88 Å². The molecule has 2 heterocycles. The Morgan fingerprint density at radius 1 is 1.53 bits per heavy atom. The largest absolute Gasteiger partial charge is 0.481 e. The van der Waals surface area contributed by atoms with E-state index in [0.29, 0.717) is 17.3 Å². The summed E-state index contributed by atoms with van der Waals surface area (Å²) in [5.74, 6) is -0.304. The van der Waals surface area contributed by atoms with Gasteiger partial charge in [0, 0.05) is 24.9 Å². The lowest BCUT2D eigenvalue weighted by atomic mass is 10.1. The summed E-state index contributed by atoms with van der Waals surface area (Å²) >= 11 is 0. The number of carboxylic acids is 1. The van der Waals surface area contributed by atoms with E-state index in [9.17, 15) is 9.90 Å². The van der Waals surface area contributed by atoms with Crippen LogP contribution >= 0.6 is 0 Å². The van der Waals surface area contributed by atoms with Crippen molar-refractivity contribution in [2.24, 2.45) is 7.05 Å². The first-order chi connectivity index (χ1) is 9.10. The lowest BCUT2D eigenvalue weighted by Gasteiger charge is -2.13. The van der Waals surface area contributed by atoms with Crippen LogP contribution in [0.2, 0.25) is 0 Å². The number of nitrogens with zero attached hydrogens (tertiary/aromatic N) is 4. The van der Waals surface area contributed by atoms with E-state index in [1.54, 1.807) is 13.2 Å². The minimum absolute atomic E-state index is 0.354. The van der Waals surface area contributed by atoms with Crippen molar-refractivity contribution in [2.45, 2.75) is 6.04 Å². The van der Waals surface area contributed by atoms with Gasteiger partial charge in [-0.3, -0.25) is 4.68 Å². The van der Waals surface area contributed by atoms with Gasteiger partial charge in [0.25, 0.3) is 0 Å². The SMILES string of the molecule is COc1cc(NC(C(=O)O)c2cnn(C)c2)ncn1. The van der Waals surface area contributed by atoms with Crippen LogP contribution in [0.15, 0.2) is 24.8 Å². The maximum absolute atomic E-state index is 11.3. The molecule has 1 unspecified atom stereocenters. The van der Waals surface area contributed by atoms with Crippen LogP contribution in [0.25, 0.3) is 0 Å². The van der Waals surface area contributed by atoms with Gasteiger partial charge in [-0.1, -0.05) is 0 Å². The summed E-state index contributed by atoms with van der Waals surface area (Å²) in [7, 11) is 3.19. The third-order valence-electron chi connectivity index (χ3n) is 2.45. The van der Waals surface area contributed by atoms with Crippen LogP contribution in [-0.4, -0.2) is 37.9 Å². The minimum atomic E-state index is -1.02. The zero-order valence-corrected chi connectivity index (χ0v) is 10.4. The van der Waals surface area contributed by atoms with Crippen LogP contribution in [0, 0.1) is 0 Å². The van der Waals surface area contributed by atoms with Crippen molar-refractivity contribution in [3.8, 4) is 5.88 Å². The standard InChI is InChI=1S/C11H13N5O3/c1-16-5-7(4-14-16)10(11(17)18)15-8-3-9(19-2)13-6-12-8/h3-6,10H,1-2H3,(H,17,18)(H,12,13,15). The summed E-state index contributed by atoms with van der Waals surface area (Å²) in [5, 5.41) is 16.0. The summed E-state index contributed by atoms with van der Waals surface area (Å²) < 4.78 is 6.49. The number of anilines is 1. The first kappa shape index (κ1) is 12.8. The number of nitrogens with one attached hydrogen (secondary N) is 1. The van der Waals surface area contributed by atoms with Crippen molar-refractivity contribution in [1.82, 2.24) is 19.7 Å². The number of rotatable bonds is 5. The number of hydrogen-bond acceptors (Lipinski definition) is 6. The number of hydrogen-bond donors (Lipinski definition) is 2. The van der Waals surface area contributed by atoms with Gasteiger partial charge in [-0.15, -0.1) is 0 Å². The Bertz CT molecular complexity index is 583. The quantitative estimate of drug-likeness (QED) is 0.807. The number of carbonyl (C=O) groups is 1. The van der Waals surface area contributed by atoms with Gasteiger partial charge in [0.15, 0.2) is 6.04 Å². The molecule has 2 aromatic rings. The zero-order chi connectivity index (χ0) is 13.8. The Balaban J connectivity index is 2.23. The number of aryl methyl sites for hydroxylation is 1. The fourth-order valence-electron chi connectivity index (χ4n) is 1.55. The van der Waals surface area contributed by atoms with Crippen molar-refractivity contribution in [1.29, 1.82) is 0 Å². The topological polar surface area (TPSA) is 102 Å². The van der Waals surface area contributed by atoms with E-state index < -0.39 is 12.0 Å². The molecule has 1 atom stereocenters. The Kier molecular flexibility index (Phi) is 3.60. The molecular formula is C11H13N5O3. The molecule has 2 aromatic heterocycles. The van der Waals surface area contributed by atoms with Gasteiger partial charge in [0.2, 0.25) is 5.88 Å². The summed E-state index contributed by atoms with van der Waals surface area (Å²) in [6, 6.07) is 0.583. The van der Waals surface area contributed by atoms with Crippen molar-refractivity contribution < 1.29 is 14.6 Å². The molecular weight excluding hydrogens is 250 g/mol. The fraction of sp³-hybridized carbons (Fsp3) is 0.273. The summed E-state index contributed by atoms with van der Waals surface area (Å²) in [5.41, 5.74) is 0.535. The smallest absolute Gasteiger partial charge is 0.330 e. The van der Waals surface area contributed by atoms with Gasteiger partial charge < -0.3 is 15.2 Å². The van der Waals surface area contributed by atoms with Gasteiger partial charge >= 0.3 is 5.97 Å². The number of ether oxygens (including phenoxy) is 1. The number of methoxy groups -OCH3 is 1. The van der Waals surface area contributed by atoms with Gasteiger partial charge in [-0.2, -0.15) is 5.10 Å². The van der Waals surface area contributed by atoms with E-state index >= 15 is 0 Å². The molecule has 0 saturated heterocycles. The molecule has 0 bridgehead atoms. The molecule has 2 rings (SSSR count). The lowest BCUT2D eigenvalue weighted by Crippen LogP contribution is -2.20. The van der Waals surface area contributed by atoms with E-state index in [2.05, 4.69) is 20.4 Å². The van der Waals surface area contributed by atoms with Crippen molar-refractivity contribution in [2.75, 3.05) is 12.4 Å². The first-order valence-electron chi connectivity index (χ1n) is 5.44. The second-order valence-electron chi connectivity index (χ2n) is 3.81. The maximum atomic E-state index is 11.3. The molecule has 0 radical (unpaired) electrons. The van der Waals surface area contributed by atoms with Crippen molar-refractivity contribution >= 4 is 11.8 Å². The monoisotopic (exact) mass is 263 g/mol. The molecule has 0 aliphatic heterocycles. The van der Waals surface area contributed by atoms with E-state index in [-0.39, 0.29) is 0 Å². The Labute approximate surface area is 109 Å².